The van der Waals surface area contributed by atoms with E-state index in [4.69, 9.17) is 11.6 Å². The second-order valence-corrected chi connectivity index (χ2v) is 7.71. The Balaban J connectivity index is 1.60. The molecule has 1 saturated heterocycles. The van der Waals surface area contributed by atoms with Crippen molar-refractivity contribution in [3.63, 3.8) is 0 Å². The third-order valence-corrected chi connectivity index (χ3v) is 5.35. The second kappa shape index (κ2) is 9.69. The van der Waals surface area contributed by atoms with E-state index in [9.17, 15) is 9.59 Å². The number of hydrogen-bond donors (Lipinski definition) is 1. The molecule has 1 aliphatic rings. The van der Waals surface area contributed by atoms with Crippen molar-refractivity contribution in [2.24, 2.45) is 5.10 Å². The minimum absolute atomic E-state index is 0.0234. The zero-order chi connectivity index (χ0) is 20.8. The van der Waals surface area contributed by atoms with Crippen LogP contribution in [0.2, 0.25) is 5.15 Å². The molecule has 0 radical (unpaired) electrons. The second-order valence-electron chi connectivity index (χ2n) is 7.35. The molecule has 0 spiro atoms. The highest BCUT2D eigenvalue weighted by atomic mass is 35.5. The van der Waals surface area contributed by atoms with Gasteiger partial charge < -0.3 is 4.90 Å². The highest BCUT2D eigenvalue weighted by Crippen LogP contribution is 2.19. The van der Waals surface area contributed by atoms with Crippen molar-refractivity contribution in [2.45, 2.75) is 46.1 Å². The molecular weight excluding hydrogens is 390 g/mol. The Morgan fingerprint density at radius 3 is 2.76 bits per heavy atom. The van der Waals surface area contributed by atoms with Gasteiger partial charge in [0.15, 0.2) is 0 Å². The highest BCUT2D eigenvalue weighted by Gasteiger charge is 2.19. The van der Waals surface area contributed by atoms with Crippen LogP contribution >= 0.6 is 11.6 Å². The number of aryl methyl sites for hydroxylation is 2. The number of hydrogen-bond acceptors (Lipinski definition) is 4. The van der Waals surface area contributed by atoms with Gasteiger partial charge in [0.1, 0.15) is 11.7 Å². The van der Waals surface area contributed by atoms with E-state index < -0.39 is 0 Å². The average molecular weight is 416 g/mol. The Morgan fingerprint density at radius 2 is 2.00 bits per heavy atom. The van der Waals surface area contributed by atoms with Gasteiger partial charge in [-0.3, -0.25) is 9.59 Å². The number of halogens is 1. The monoisotopic (exact) mass is 415 g/mol. The molecule has 2 amide bonds. The van der Waals surface area contributed by atoms with Crippen LogP contribution in [-0.4, -0.2) is 45.8 Å². The van der Waals surface area contributed by atoms with E-state index in [2.05, 4.69) is 15.6 Å². The summed E-state index contributed by atoms with van der Waals surface area (Å²) >= 11 is 6.46. The van der Waals surface area contributed by atoms with Gasteiger partial charge >= 0.3 is 0 Å². The van der Waals surface area contributed by atoms with Crippen molar-refractivity contribution in [1.82, 2.24) is 20.1 Å². The number of carbonyl (C=O) groups is 2. The van der Waals surface area contributed by atoms with Gasteiger partial charge in [0.25, 0.3) is 5.91 Å². The van der Waals surface area contributed by atoms with Crippen molar-refractivity contribution in [1.29, 1.82) is 0 Å². The standard InChI is InChI=1S/C21H26ClN5O2/c1-15-7-9-17(10-8-15)13-27-21(22)18(16(2)25-27)12-23-24-19(28)14-26-11-5-3-4-6-20(26)29/h7-10,12H,3-6,11,13-14H2,1-2H3,(H,24,28)/b23-12-. The predicted octanol–water partition coefficient (Wildman–Crippen LogP) is 3.05. The van der Waals surface area contributed by atoms with E-state index in [0.717, 1.165) is 30.5 Å². The third-order valence-electron chi connectivity index (χ3n) is 4.95. The summed E-state index contributed by atoms with van der Waals surface area (Å²) in [6.07, 6.45) is 4.84. The molecule has 0 aliphatic carbocycles. The third kappa shape index (κ3) is 5.67. The van der Waals surface area contributed by atoms with Crippen LogP contribution in [-0.2, 0) is 16.1 Å². The molecule has 2 aromatic rings. The molecule has 1 aromatic carbocycles. The van der Waals surface area contributed by atoms with Gasteiger partial charge in [-0.25, -0.2) is 10.1 Å². The van der Waals surface area contributed by atoms with Crippen molar-refractivity contribution in [3.8, 4) is 0 Å². The fraction of sp³-hybridized carbons (Fsp3) is 0.429. The summed E-state index contributed by atoms with van der Waals surface area (Å²) in [5, 5.41) is 8.94. The molecule has 0 unspecified atom stereocenters. The maximum atomic E-state index is 12.1. The summed E-state index contributed by atoms with van der Waals surface area (Å²) in [5.74, 6) is -0.296. The summed E-state index contributed by atoms with van der Waals surface area (Å²) in [5.41, 5.74) is 6.15. The van der Waals surface area contributed by atoms with E-state index in [-0.39, 0.29) is 18.4 Å². The van der Waals surface area contributed by atoms with Crippen LogP contribution in [0, 0.1) is 13.8 Å². The molecule has 0 atom stereocenters. The summed E-state index contributed by atoms with van der Waals surface area (Å²) < 4.78 is 1.71. The number of nitrogens with one attached hydrogen (secondary N) is 1. The molecule has 1 fully saturated rings. The van der Waals surface area contributed by atoms with Crippen molar-refractivity contribution >= 4 is 29.6 Å². The van der Waals surface area contributed by atoms with E-state index in [0.29, 0.717) is 30.2 Å². The first kappa shape index (κ1) is 21.0. The van der Waals surface area contributed by atoms with Gasteiger partial charge in [0.2, 0.25) is 5.91 Å². The van der Waals surface area contributed by atoms with E-state index in [1.54, 1.807) is 9.58 Å². The summed E-state index contributed by atoms with van der Waals surface area (Å²) in [6.45, 7) is 5.08. The number of carbonyl (C=O) groups excluding carboxylic acids is 2. The lowest BCUT2D eigenvalue weighted by molar-refractivity contribution is -0.135. The lowest BCUT2D eigenvalue weighted by Crippen LogP contribution is -2.39. The number of hydrazone groups is 1. The predicted molar refractivity (Wildman–Crippen MR) is 113 cm³/mol. The van der Waals surface area contributed by atoms with Crippen LogP contribution in [0.25, 0.3) is 0 Å². The SMILES string of the molecule is Cc1ccc(Cn2nc(C)c(/C=N\NC(=O)CN3CCCCCC3=O)c2Cl)cc1. The van der Waals surface area contributed by atoms with Crippen LogP contribution in [0.5, 0.6) is 0 Å². The van der Waals surface area contributed by atoms with Crippen LogP contribution in [0.3, 0.4) is 0 Å². The lowest BCUT2D eigenvalue weighted by atomic mass is 10.1. The first-order valence-corrected chi connectivity index (χ1v) is 10.2. The minimum Gasteiger partial charge on any atom is -0.333 e. The number of likely N-dealkylation sites (tertiary alicyclic amines) is 1. The normalized spacial score (nSPS) is 15.0. The van der Waals surface area contributed by atoms with Gasteiger partial charge in [-0.15, -0.1) is 0 Å². The Kier molecular flexibility index (Phi) is 7.04. The molecule has 3 rings (SSSR count). The summed E-state index contributed by atoms with van der Waals surface area (Å²) in [4.78, 5) is 25.7. The Hall–Kier alpha value is -2.67. The molecule has 1 aliphatic heterocycles. The first-order chi connectivity index (χ1) is 13.9. The first-order valence-electron chi connectivity index (χ1n) is 9.82. The van der Waals surface area contributed by atoms with E-state index >= 15 is 0 Å². The maximum Gasteiger partial charge on any atom is 0.259 e. The van der Waals surface area contributed by atoms with Crippen LogP contribution < -0.4 is 5.43 Å². The Morgan fingerprint density at radius 1 is 1.24 bits per heavy atom. The zero-order valence-corrected chi connectivity index (χ0v) is 17.6. The van der Waals surface area contributed by atoms with Crippen molar-refractivity contribution < 1.29 is 9.59 Å². The molecule has 7 nitrogen and oxygen atoms in total. The van der Waals surface area contributed by atoms with E-state index in [1.165, 1.54) is 11.8 Å². The smallest absolute Gasteiger partial charge is 0.259 e. The molecular formula is C21H26ClN5O2. The van der Waals surface area contributed by atoms with Crippen LogP contribution in [0.4, 0.5) is 0 Å². The van der Waals surface area contributed by atoms with Gasteiger partial charge in [-0.1, -0.05) is 47.9 Å². The largest absolute Gasteiger partial charge is 0.333 e. The minimum atomic E-state index is -0.322. The fourth-order valence-corrected chi connectivity index (χ4v) is 3.55. The topological polar surface area (TPSA) is 79.6 Å². The molecule has 1 N–H and O–H groups in total. The Bertz CT molecular complexity index is 905. The maximum absolute atomic E-state index is 12.1. The van der Waals surface area contributed by atoms with Crippen molar-refractivity contribution in [2.75, 3.05) is 13.1 Å². The van der Waals surface area contributed by atoms with E-state index in [1.807, 2.05) is 38.1 Å². The molecule has 0 bridgehead atoms. The lowest BCUT2D eigenvalue weighted by Gasteiger charge is -2.18. The van der Waals surface area contributed by atoms with Crippen molar-refractivity contribution in [3.05, 3.63) is 51.8 Å². The quantitative estimate of drug-likeness (QED) is 0.581. The van der Waals surface area contributed by atoms with Gasteiger partial charge in [0.05, 0.1) is 24.0 Å². The highest BCUT2D eigenvalue weighted by molar-refractivity contribution is 6.32. The summed E-state index contributed by atoms with van der Waals surface area (Å²) in [6, 6.07) is 8.18. The molecule has 29 heavy (non-hydrogen) atoms. The molecule has 0 saturated carbocycles. The van der Waals surface area contributed by atoms with Crippen LogP contribution in [0.1, 0.15) is 48.1 Å². The summed E-state index contributed by atoms with van der Waals surface area (Å²) in [7, 11) is 0. The number of aromatic nitrogens is 2. The number of nitrogens with zero attached hydrogens (tertiary/aromatic N) is 4. The molecule has 2 heterocycles. The molecule has 1 aromatic heterocycles. The molecule has 8 heteroatoms. The molecule has 154 valence electrons. The Labute approximate surface area is 175 Å². The number of benzene rings is 1. The number of amides is 2. The zero-order valence-electron chi connectivity index (χ0n) is 16.8. The van der Waals surface area contributed by atoms with Gasteiger partial charge in [0, 0.05) is 13.0 Å². The van der Waals surface area contributed by atoms with Crippen LogP contribution in [0.15, 0.2) is 29.4 Å². The fourth-order valence-electron chi connectivity index (χ4n) is 3.27. The van der Waals surface area contributed by atoms with Gasteiger partial charge in [-0.05, 0) is 32.3 Å². The number of rotatable bonds is 6. The average Bonchev–Trinajstić information content (AvgIpc) is 2.83. The van der Waals surface area contributed by atoms with Gasteiger partial charge in [-0.2, -0.15) is 10.2 Å².